The van der Waals surface area contributed by atoms with Gasteiger partial charge in [0.25, 0.3) is 5.92 Å². The minimum Gasteiger partial charge on any atom is -0.379 e. The first kappa shape index (κ1) is 33.1. The van der Waals surface area contributed by atoms with Crippen LogP contribution in [-0.2, 0) is 22.9 Å². The predicted molar refractivity (Wildman–Crippen MR) is 165 cm³/mol. The summed E-state index contributed by atoms with van der Waals surface area (Å²) in [5.41, 5.74) is 6.36. The van der Waals surface area contributed by atoms with Gasteiger partial charge in [0.2, 0.25) is 0 Å². The normalized spacial score (nSPS) is 26.4. The van der Waals surface area contributed by atoms with Gasteiger partial charge in [0.05, 0.1) is 43.6 Å². The molecule has 5 heterocycles. The van der Waals surface area contributed by atoms with E-state index in [0.29, 0.717) is 18.9 Å². The summed E-state index contributed by atoms with van der Waals surface area (Å²) in [7, 11) is 2.25. The highest BCUT2D eigenvalue weighted by Crippen LogP contribution is 2.40. The van der Waals surface area contributed by atoms with Gasteiger partial charge in [-0.2, -0.15) is 13.2 Å². The number of ether oxygens (including phenoxy) is 1. The van der Waals surface area contributed by atoms with Crippen LogP contribution in [0.5, 0.6) is 0 Å². The van der Waals surface area contributed by atoms with Crippen LogP contribution in [-0.4, -0.2) is 77.0 Å². The van der Waals surface area contributed by atoms with E-state index < -0.39 is 29.3 Å². The summed E-state index contributed by atoms with van der Waals surface area (Å²) in [5, 5.41) is 0. The summed E-state index contributed by atoms with van der Waals surface area (Å²) in [6, 6.07) is 8.47. The van der Waals surface area contributed by atoms with Gasteiger partial charge in [-0.25, -0.2) is 24.4 Å². The molecule has 3 aromatic rings. The molecule has 8 nitrogen and oxygen atoms in total. The number of halogens is 5. The van der Waals surface area contributed by atoms with Gasteiger partial charge in [0.15, 0.2) is 6.17 Å². The molecule has 2 aromatic heterocycles. The number of fused-ring (bicyclic) bond motifs is 1. The molecule has 3 aliphatic heterocycles. The Kier molecular flexibility index (Phi) is 8.85. The summed E-state index contributed by atoms with van der Waals surface area (Å²) in [6.45, 7) is 6.67. The second kappa shape index (κ2) is 12.3. The van der Waals surface area contributed by atoms with Crippen LogP contribution in [0.25, 0.3) is 11.2 Å². The van der Waals surface area contributed by atoms with E-state index in [0.717, 1.165) is 53.0 Å². The molecule has 3 aliphatic rings. The molecule has 2 unspecified atom stereocenters. The number of imidazole rings is 1. The van der Waals surface area contributed by atoms with E-state index in [4.69, 9.17) is 4.74 Å². The maximum absolute atomic E-state index is 14.3. The van der Waals surface area contributed by atoms with Gasteiger partial charge in [-0.15, -0.1) is 0 Å². The lowest BCUT2D eigenvalue weighted by Gasteiger charge is -2.46. The highest BCUT2D eigenvalue weighted by atomic mass is 19.4. The number of hydrogen-bond donors (Lipinski definition) is 2. The maximum atomic E-state index is 14.3. The molecule has 0 spiro atoms. The number of likely N-dealkylation sites (tertiary alicyclic amines) is 1. The molecule has 13 heteroatoms. The van der Waals surface area contributed by atoms with Crippen LogP contribution < -0.4 is 16.5 Å². The minimum absolute atomic E-state index is 0.0367. The van der Waals surface area contributed by atoms with Crippen molar-refractivity contribution in [1.29, 1.82) is 0 Å². The molecule has 1 aromatic carbocycles. The van der Waals surface area contributed by atoms with Crippen molar-refractivity contribution in [2.75, 3.05) is 46.6 Å². The Balaban J connectivity index is 1.31. The van der Waals surface area contributed by atoms with Gasteiger partial charge in [0.1, 0.15) is 6.67 Å². The van der Waals surface area contributed by atoms with Crippen molar-refractivity contribution in [2.24, 2.45) is 5.92 Å². The number of hydrazine groups is 1. The van der Waals surface area contributed by atoms with Crippen molar-refractivity contribution in [1.82, 2.24) is 24.7 Å². The largest absolute Gasteiger partial charge is 0.418 e. The Labute approximate surface area is 265 Å². The van der Waals surface area contributed by atoms with Crippen LogP contribution in [0.1, 0.15) is 62.6 Å². The zero-order chi connectivity index (χ0) is 32.9. The molecule has 0 saturated carbocycles. The van der Waals surface area contributed by atoms with Gasteiger partial charge in [-0.3, -0.25) is 18.4 Å². The van der Waals surface area contributed by atoms with Crippen molar-refractivity contribution in [3.8, 4) is 5.69 Å². The average molecular weight is 652 g/mol. The van der Waals surface area contributed by atoms with Crippen molar-refractivity contribution in [3.05, 3.63) is 69.9 Å². The lowest BCUT2D eigenvalue weighted by molar-refractivity contribution is -0.924. The summed E-state index contributed by atoms with van der Waals surface area (Å²) in [5.74, 6) is -3.72. The third-order valence-electron chi connectivity index (χ3n) is 10.4. The van der Waals surface area contributed by atoms with Gasteiger partial charge in [-0.05, 0) is 42.2 Å². The number of nitrogens with one attached hydrogen (secondary N) is 2. The van der Waals surface area contributed by atoms with Crippen molar-refractivity contribution in [3.63, 3.8) is 0 Å². The number of aromatic nitrogens is 2. The third-order valence-corrected chi connectivity index (χ3v) is 10.4. The van der Waals surface area contributed by atoms with Crippen molar-refractivity contribution in [2.45, 2.75) is 76.2 Å². The van der Waals surface area contributed by atoms with E-state index in [1.165, 1.54) is 30.3 Å². The number of pyridine rings is 1. The van der Waals surface area contributed by atoms with Crippen LogP contribution in [0.4, 0.5) is 22.0 Å². The highest BCUT2D eigenvalue weighted by Gasteiger charge is 2.49. The maximum Gasteiger partial charge on any atom is 0.418 e. The third kappa shape index (κ3) is 6.24. The summed E-state index contributed by atoms with van der Waals surface area (Å²) in [4.78, 5) is 15.4. The van der Waals surface area contributed by atoms with Gasteiger partial charge < -0.3 is 4.74 Å². The van der Waals surface area contributed by atoms with Gasteiger partial charge in [0, 0.05) is 56.2 Å². The zero-order valence-corrected chi connectivity index (χ0v) is 26.7. The molecule has 2 N–H and O–H groups in total. The molecule has 0 amide bonds. The standard InChI is InChI=1S/C33H44F5N6O2/c1-4-5-6-12-44(3)22-39-40-29(44)15-31(20-46-21-31)25-8-7-9-26(14-25)42-19-28-27(33(36,37)38)13-24(18-43(28)30(42)45)17-41-11-10-32(34,35)23(2)16-41/h7-9,13-14,18-19,23,29,39-40H,4-6,10-12,15-17,20-22H2,1-3H3/q+1/t23-,29?,44?/m0/s1. The number of hydrogen-bond acceptors (Lipinski definition) is 5. The van der Waals surface area contributed by atoms with Crippen LogP contribution in [0.2, 0.25) is 0 Å². The van der Waals surface area contributed by atoms with E-state index in [-0.39, 0.29) is 48.7 Å². The number of alkyl halides is 5. The lowest BCUT2D eigenvalue weighted by atomic mass is 9.74. The fourth-order valence-corrected chi connectivity index (χ4v) is 7.26. The summed E-state index contributed by atoms with van der Waals surface area (Å²) < 4.78 is 80.0. The Bertz CT molecular complexity index is 1620. The van der Waals surface area contributed by atoms with E-state index in [1.54, 1.807) is 11.0 Å². The first-order valence-corrected chi connectivity index (χ1v) is 16.2. The topological polar surface area (TPSA) is 62.9 Å². The first-order valence-electron chi connectivity index (χ1n) is 16.2. The Morgan fingerprint density at radius 1 is 1.13 bits per heavy atom. The molecule has 0 bridgehead atoms. The molecule has 3 fully saturated rings. The second-order valence-corrected chi connectivity index (χ2v) is 13.9. The van der Waals surface area contributed by atoms with Crippen molar-refractivity contribution < 1.29 is 31.2 Å². The average Bonchev–Trinajstić information content (AvgIpc) is 3.51. The molecule has 0 aliphatic carbocycles. The smallest absolute Gasteiger partial charge is 0.379 e. The van der Waals surface area contributed by atoms with Crippen molar-refractivity contribution >= 4 is 5.52 Å². The predicted octanol–water partition coefficient (Wildman–Crippen LogP) is 5.27. The molecule has 0 radical (unpaired) electrons. The second-order valence-electron chi connectivity index (χ2n) is 13.9. The number of benzene rings is 1. The van der Waals surface area contributed by atoms with Crippen LogP contribution in [0.15, 0.2) is 47.5 Å². The summed E-state index contributed by atoms with van der Waals surface area (Å²) >= 11 is 0. The number of piperidine rings is 1. The van der Waals surface area contributed by atoms with E-state index in [2.05, 4.69) is 24.8 Å². The molecular weight excluding hydrogens is 607 g/mol. The lowest BCUT2D eigenvalue weighted by Crippen LogP contribution is -2.58. The number of nitrogens with zero attached hydrogens (tertiary/aromatic N) is 4. The zero-order valence-electron chi connectivity index (χ0n) is 26.7. The minimum atomic E-state index is -4.72. The quantitative estimate of drug-likeness (QED) is 0.178. The molecular formula is C33H44F5N6O2+. The Morgan fingerprint density at radius 3 is 2.59 bits per heavy atom. The fraction of sp³-hybridized carbons (Fsp3) is 0.606. The number of unbranched alkanes of at least 4 members (excludes halogenated alkanes) is 2. The highest BCUT2D eigenvalue weighted by molar-refractivity contribution is 5.58. The SMILES string of the molecule is CCCCC[N+]1(C)CNNC1CC1(c2cccc(-n3cc4c(C(F)(F)F)cc(CN5CCC(F)(F)[C@@H](C)C5)cn4c3=O)c2)COC1. The Hall–Kier alpha value is -2.84. The monoisotopic (exact) mass is 651 g/mol. The summed E-state index contributed by atoms with van der Waals surface area (Å²) in [6.07, 6.45) is 1.96. The Morgan fingerprint density at radius 2 is 1.91 bits per heavy atom. The first-order chi connectivity index (χ1) is 21.7. The van der Waals surface area contributed by atoms with Gasteiger partial charge in [-0.1, -0.05) is 32.4 Å². The van der Waals surface area contributed by atoms with E-state index >= 15 is 0 Å². The number of rotatable bonds is 10. The van der Waals surface area contributed by atoms with Gasteiger partial charge >= 0.3 is 11.9 Å². The van der Waals surface area contributed by atoms with Crippen LogP contribution in [0.3, 0.4) is 0 Å². The molecule has 46 heavy (non-hydrogen) atoms. The number of quaternary nitrogens is 1. The van der Waals surface area contributed by atoms with Crippen LogP contribution >= 0.6 is 0 Å². The molecule has 3 saturated heterocycles. The molecule has 6 rings (SSSR count). The molecule has 252 valence electrons. The molecule has 3 atom stereocenters. The van der Waals surface area contributed by atoms with E-state index in [9.17, 15) is 26.7 Å². The fourth-order valence-electron chi connectivity index (χ4n) is 7.26. The van der Waals surface area contributed by atoms with Crippen LogP contribution in [0, 0.1) is 5.92 Å². The van der Waals surface area contributed by atoms with E-state index in [1.807, 2.05) is 18.2 Å².